The fourth-order valence-corrected chi connectivity index (χ4v) is 3.89. The van der Waals surface area contributed by atoms with Crippen LogP contribution in [0.4, 0.5) is 5.69 Å². The van der Waals surface area contributed by atoms with E-state index in [9.17, 15) is 24.0 Å². The van der Waals surface area contributed by atoms with Crippen molar-refractivity contribution in [1.82, 2.24) is 15.5 Å². The summed E-state index contributed by atoms with van der Waals surface area (Å²) in [7, 11) is 0. The summed E-state index contributed by atoms with van der Waals surface area (Å²) in [6.07, 6.45) is 1.92. The fourth-order valence-electron chi connectivity index (χ4n) is 3.89. The lowest BCUT2D eigenvalue weighted by molar-refractivity contribution is -0.134. The molecule has 3 rings (SSSR count). The Morgan fingerprint density at radius 1 is 1.00 bits per heavy atom. The molecule has 0 bridgehead atoms. The number of carbonyl (C=O) groups is 5. The highest BCUT2D eigenvalue weighted by molar-refractivity contribution is 6.41. The Hall–Kier alpha value is -4.01. The second kappa shape index (κ2) is 12.6. The molecule has 0 atom stereocenters. The van der Waals surface area contributed by atoms with Crippen LogP contribution < -0.4 is 16.0 Å². The molecule has 2 aromatic carbocycles. The van der Waals surface area contributed by atoms with Gasteiger partial charge in [0.25, 0.3) is 17.7 Å². The number of Topliss-reactive ketones (excluding diaryl/α,β-unsaturated/α-hetero) is 1. The molecule has 9 heteroatoms. The van der Waals surface area contributed by atoms with Crippen molar-refractivity contribution in [3.63, 3.8) is 0 Å². The van der Waals surface area contributed by atoms with Crippen LogP contribution in [0.25, 0.3) is 0 Å². The Bertz CT molecular complexity index is 1130. The van der Waals surface area contributed by atoms with Gasteiger partial charge in [-0.1, -0.05) is 30.3 Å². The van der Waals surface area contributed by atoms with E-state index < -0.39 is 17.6 Å². The maximum atomic E-state index is 12.9. The Morgan fingerprint density at radius 3 is 2.42 bits per heavy atom. The quantitative estimate of drug-likeness (QED) is 0.328. The molecule has 0 unspecified atom stereocenters. The van der Waals surface area contributed by atoms with E-state index in [-0.39, 0.29) is 41.1 Å². The Kier molecular flexibility index (Phi) is 9.32. The first-order chi connectivity index (χ1) is 17.2. The number of hydrogen-bond acceptors (Lipinski definition) is 5. The third-order valence-electron chi connectivity index (χ3n) is 5.72. The predicted octanol–water partition coefficient (Wildman–Crippen LogP) is 2.32. The summed E-state index contributed by atoms with van der Waals surface area (Å²) in [5, 5.41) is 8.07. The second-order valence-electron chi connectivity index (χ2n) is 9.02. The molecule has 3 N–H and O–H groups in total. The van der Waals surface area contributed by atoms with Gasteiger partial charge >= 0.3 is 0 Å². The smallest absolute Gasteiger partial charge is 0.292 e. The van der Waals surface area contributed by atoms with E-state index in [1.54, 1.807) is 29.2 Å². The third-order valence-corrected chi connectivity index (χ3v) is 5.72. The molecule has 1 aliphatic rings. The Balaban J connectivity index is 1.70. The van der Waals surface area contributed by atoms with Crippen LogP contribution in [0.1, 0.15) is 59.4 Å². The second-order valence-corrected chi connectivity index (χ2v) is 9.02. The van der Waals surface area contributed by atoms with Crippen LogP contribution in [0.2, 0.25) is 0 Å². The molecule has 1 fully saturated rings. The van der Waals surface area contributed by atoms with E-state index in [2.05, 4.69) is 16.0 Å². The van der Waals surface area contributed by atoms with Gasteiger partial charge in [-0.25, -0.2) is 0 Å². The molecule has 2 aromatic rings. The summed E-state index contributed by atoms with van der Waals surface area (Å²) in [5.74, 6) is -2.23. The largest absolute Gasteiger partial charge is 0.352 e. The van der Waals surface area contributed by atoms with E-state index in [0.29, 0.717) is 31.5 Å². The Morgan fingerprint density at radius 2 is 1.75 bits per heavy atom. The maximum absolute atomic E-state index is 12.9. The van der Waals surface area contributed by atoms with Gasteiger partial charge in [0, 0.05) is 44.1 Å². The van der Waals surface area contributed by atoms with Crippen molar-refractivity contribution in [2.45, 2.75) is 45.6 Å². The number of likely N-dealkylation sites (tertiary alicyclic amines) is 1. The van der Waals surface area contributed by atoms with Gasteiger partial charge in [-0.2, -0.15) is 0 Å². The molecule has 4 amide bonds. The number of benzene rings is 2. The van der Waals surface area contributed by atoms with Crippen LogP contribution >= 0.6 is 0 Å². The topological polar surface area (TPSA) is 125 Å². The summed E-state index contributed by atoms with van der Waals surface area (Å²) < 4.78 is 0. The molecule has 9 nitrogen and oxygen atoms in total. The third kappa shape index (κ3) is 7.49. The molecule has 0 saturated carbocycles. The zero-order chi connectivity index (χ0) is 26.1. The number of nitrogens with one attached hydrogen (secondary N) is 3. The number of amides is 4. The Labute approximate surface area is 210 Å². The standard InChI is InChI=1S/C27H32N4O5/c1-18(2)29-25(34)20-11-12-21(26(35)28-13-7-15-31-14-6-10-24(31)33)22(17-20)30-27(36)23(32)16-19-8-4-3-5-9-19/h3-5,8-9,11-12,17-18H,6-7,10,13-16H2,1-2H3,(H,28,35)(H,29,34)(H,30,36). The zero-order valence-corrected chi connectivity index (χ0v) is 20.6. The minimum Gasteiger partial charge on any atom is -0.352 e. The number of rotatable bonds is 11. The highest BCUT2D eigenvalue weighted by Gasteiger charge is 2.21. The number of nitrogens with zero attached hydrogens (tertiary/aromatic N) is 1. The number of carbonyl (C=O) groups excluding carboxylic acids is 5. The van der Waals surface area contributed by atoms with E-state index in [0.717, 1.165) is 13.0 Å². The van der Waals surface area contributed by atoms with Gasteiger partial charge in [-0.3, -0.25) is 24.0 Å². The highest BCUT2D eigenvalue weighted by atomic mass is 16.2. The molecule has 0 aliphatic carbocycles. The van der Waals surface area contributed by atoms with E-state index in [4.69, 9.17) is 0 Å². The van der Waals surface area contributed by atoms with Crippen LogP contribution in [0, 0.1) is 0 Å². The minimum atomic E-state index is -0.873. The van der Waals surface area contributed by atoms with E-state index in [1.807, 2.05) is 19.9 Å². The molecule has 36 heavy (non-hydrogen) atoms. The van der Waals surface area contributed by atoms with Crippen molar-refractivity contribution in [1.29, 1.82) is 0 Å². The normalized spacial score (nSPS) is 13.0. The van der Waals surface area contributed by atoms with Gasteiger partial charge in [0.2, 0.25) is 11.7 Å². The lowest BCUT2D eigenvalue weighted by atomic mass is 10.1. The van der Waals surface area contributed by atoms with Gasteiger partial charge in [0.15, 0.2) is 0 Å². The summed E-state index contributed by atoms with van der Waals surface area (Å²) in [5.41, 5.74) is 1.15. The molecular formula is C27H32N4O5. The first-order valence-electron chi connectivity index (χ1n) is 12.1. The van der Waals surface area contributed by atoms with Crippen LogP contribution in [0.15, 0.2) is 48.5 Å². The first-order valence-corrected chi connectivity index (χ1v) is 12.1. The summed E-state index contributed by atoms with van der Waals surface area (Å²) >= 11 is 0. The van der Waals surface area contributed by atoms with Crippen LogP contribution in [-0.2, 0) is 20.8 Å². The SMILES string of the molecule is CC(C)NC(=O)c1ccc(C(=O)NCCCN2CCCC2=O)c(NC(=O)C(=O)Cc2ccccc2)c1. The fraction of sp³-hybridized carbons (Fsp3) is 0.370. The van der Waals surface area contributed by atoms with Crippen molar-refractivity contribution in [3.8, 4) is 0 Å². The average Bonchev–Trinajstić information content (AvgIpc) is 3.26. The summed E-state index contributed by atoms with van der Waals surface area (Å²) in [4.78, 5) is 64.1. The average molecular weight is 493 g/mol. The molecular weight excluding hydrogens is 460 g/mol. The molecule has 190 valence electrons. The molecule has 1 aliphatic heterocycles. The number of ketones is 1. The van der Waals surface area contributed by atoms with E-state index >= 15 is 0 Å². The first kappa shape index (κ1) is 26.6. The summed E-state index contributed by atoms with van der Waals surface area (Å²) in [6.45, 7) is 5.27. The van der Waals surface area contributed by atoms with E-state index in [1.165, 1.54) is 18.2 Å². The molecule has 0 spiro atoms. The van der Waals surface area contributed by atoms with Crippen LogP contribution in [-0.4, -0.2) is 60.0 Å². The van der Waals surface area contributed by atoms with Crippen molar-refractivity contribution in [3.05, 3.63) is 65.2 Å². The summed E-state index contributed by atoms with van der Waals surface area (Å²) in [6, 6.07) is 13.1. The van der Waals surface area contributed by atoms with Crippen LogP contribution in [0.5, 0.6) is 0 Å². The highest BCUT2D eigenvalue weighted by Crippen LogP contribution is 2.19. The molecule has 0 aromatic heterocycles. The van der Waals surface area contributed by atoms with Gasteiger partial charge in [0.1, 0.15) is 0 Å². The lowest BCUT2D eigenvalue weighted by Gasteiger charge is -2.16. The lowest BCUT2D eigenvalue weighted by Crippen LogP contribution is -2.32. The predicted molar refractivity (Wildman–Crippen MR) is 136 cm³/mol. The van der Waals surface area contributed by atoms with Gasteiger partial charge in [-0.15, -0.1) is 0 Å². The monoisotopic (exact) mass is 492 g/mol. The number of hydrogen-bond donors (Lipinski definition) is 3. The molecule has 1 heterocycles. The number of anilines is 1. The van der Waals surface area contributed by atoms with Crippen molar-refractivity contribution < 1.29 is 24.0 Å². The molecule has 1 saturated heterocycles. The zero-order valence-electron chi connectivity index (χ0n) is 20.6. The minimum absolute atomic E-state index is 0.0741. The van der Waals surface area contributed by atoms with Gasteiger partial charge in [0.05, 0.1) is 11.3 Å². The van der Waals surface area contributed by atoms with Gasteiger partial charge < -0.3 is 20.9 Å². The molecule has 0 radical (unpaired) electrons. The van der Waals surface area contributed by atoms with Crippen molar-refractivity contribution in [2.75, 3.05) is 25.0 Å². The van der Waals surface area contributed by atoms with Gasteiger partial charge in [-0.05, 0) is 50.5 Å². The maximum Gasteiger partial charge on any atom is 0.292 e. The van der Waals surface area contributed by atoms with Crippen LogP contribution in [0.3, 0.4) is 0 Å². The van der Waals surface area contributed by atoms with Crippen molar-refractivity contribution in [2.24, 2.45) is 0 Å². The van der Waals surface area contributed by atoms with Crippen molar-refractivity contribution >= 4 is 35.1 Å².